The second-order valence-corrected chi connectivity index (χ2v) is 5.93. The number of nitrogens with zero attached hydrogens (tertiary/aromatic N) is 1. The first-order chi connectivity index (χ1) is 13.4. The predicted octanol–water partition coefficient (Wildman–Crippen LogP) is 3.99. The number of benzene rings is 2. The number of hydrogen-bond donors (Lipinski definition) is 1. The van der Waals surface area contributed by atoms with Crippen LogP contribution in [-0.4, -0.2) is 36.4 Å². The lowest BCUT2D eigenvalue weighted by molar-refractivity contribution is -0.116. The van der Waals surface area contributed by atoms with Crippen molar-refractivity contribution in [2.24, 2.45) is 0 Å². The first-order valence-electron chi connectivity index (χ1n) is 8.83. The highest BCUT2D eigenvalue weighted by Crippen LogP contribution is 2.21. The third-order valence-electron chi connectivity index (χ3n) is 3.84. The van der Waals surface area contributed by atoms with Gasteiger partial charge in [0.05, 0.1) is 17.9 Å². The van der Waals surface area contributed by atoms with E-state index < -0.39 is 35.0 Å². The molecule has 2 aromatic rings. The summed E-state index contributed by atoms with van der Waals surface area (Å²) >= 11 is 0. The molecule has 5 nitrogen and oxygen atoms in total. The van der Waals surface area contributed by atoms with Gasteiger partial charge in [0.25, 0.3) is 5.91 Å². The summed E-state index contributed by atoms with van der Waals surface area (Å²) < 4.78 is 45.5. The van der Waals surface area contributed by atoms with Crippen molar-refractivity contribution in [2.75, 3.05) is 25.0 Å². The van der Waals surface area contributed by atoms with E-state index in [4.69, 9.17) is 4.74 Å². The van der Waals surface area contributed by atoms with E-state index in [1.807, 2.05) is 6.92 Å². The summed E-state index contributed by atoms with van der Waals surface area (Å²) in [7, 11) is 0. The molecule has 0 spiro atoms. The molecule has 0 aliphatic heterocycles. The Kier molecular flexibility index (Phi) is 7.43. The van der Waals surface area contributed by atoms with Crippen molar-refractivity contribution in [3.8, 4) is 5.75 Å². The molecule has 2 rings (SSSR count). The van der Waals surface area contributed by atoms with Crippen molar-refractivity contribution in [3.05, 3.63) is 59.4 Å². The average Bonchev–Trinajstić information content (AvgIpc) is 2.68. The Labute approximate surface area is 161 Å². The molecule has 0 radical (unpaired) electrons. The van der Waals surface area contributed by atoms with Crippen LogP contribution < -0.4 is 10.1 Å². The fraction of sp³-hybridized carbons (Fsp3) is 0.300. The molecule has 28 heavy (non-hydrogen) atoms. The molecule has 0 atom stereocenters. The third-order valence-corrected chi connectivity index (χ3v) is 3.84. The molecule has 0 saturated carbocycles. The molecule has 0 aromatic heterocycles. The number of rotatable bonds is 8. The van der Waals surface area contributed by atoms with Gasteiger partial charge in [-0.2, -0.15) is 0 Å². The highest BCUT2D eigenvalue weighted by atomic mass is 19.2. The third kappa shape index (κ3) is 5.03. The smallest absolute Gasteiger partial charge is 0.258 e. The number of nitrogens with one attached hydrogen (secondary N) is 1. The molecule has 1 N–H and O–H groups in total. The summed E-state index contributed by atoms with van der Waals surface area (Å²) in [5.74, 6) is -5.30. The zero-order valence-corrected chi connectivity index (χ0v) is 15.6. The van der Waals surface area contributed by atoms with Gasteiger partial charge in [0.2, 0.25) is 5.91 Å². The summed E-state index contributed by atoms with van der Waals surface area (Å²) in [5, 5.41) is 2.17. The van der Waals surface area contributed by atoms with Gasteiger partial charge in [-0.3, -0.25) is 9.59 Å². The van der Waals surface area contributed by atoms with Crippen molar-refractivity contribution < 1.29 is 27.5 Å². The number of carbonyl (C=O) groups is 2. The molecule has 2 aromatic carbocycles. The van der Waals surface area contributed by atoms with E-state index in [9.17, 15) is 22.8 Å². The van der Waals surface area contributed by atoms with Crippen molar-refractivity contribution in [2.45, 2.75) is 20.3 Å². The fourth-order valence-electron chi connectivity index (χ4n) is 2.60. The molecule has 0 bridgehead atoms. The molecular formula is C20H21F3N2O3. The lowest BCUT2D eigenvalue weighted by atomic mass is 10.1. The Balaban J connectivity index is 2.17. The van der Waals surface area contributed by atoms with Crippen LogP contribution in [0, 0.1) is 17.5 Å². The Hall–Kier alpha value is -3.03. The number of halogens is 3. The molecule has 0 fully saturated rings. The van der Waals surface area contributed by atoms with Crippen molar-refractivity contribution >= 4 is 17.5 Å². The maximum atomic E-state index is 13.7. The minimum Gasteiger partial charge on any atom is -0.493 e. The van der Waals surface area contributed by atoms with Gasteiger partial charge in [-0.1, -0.05) is 19.1 Å². The van der Waals surface area contributed by atoms with Gasteiger partial charge < -0.3 is 15.0 Å². The quantitative estimate of drug-likeness (QED) is 0.689. The van der Waals surface area contributed by atoms with Crippen LogP contribution in [0.3, 0.4) is 0 Å². The van der Waals surface area contributed by atoms with Crippen LogP contribution in [0.2, 0.25) is 0 Å². The average molecular weight is 394 g/mol. The number of hydrogen-bond acceptors (Lipinski definition) is 3. The summed E-state index contributed by atoms with van der Waals surface area (Å²) in [6, 6.07) is 8.27. The monoisotopic (exact) mass is 394 g/mol. The molecule has 0 heterocycles. The summed E-state index contributed by atoms with van der Waals surface area (Å²) in [5.41, 5.74) is -0.202. The van der Waals surface area contributed by atoms with Crippen LogP contribution in [0.15, 0.2) is 36.4 Å². The van der Waals surface area contributed by atoms with Crippen molar-refractivity contribution in [1.82, 2.24) is 4.90 Å². The van der Waals surface area contributed by atoms with Crippen LogP contribution in [0.4, 0.5) is 18.9 Å². The second-order valence-electron chi connectivity index (χ2n) is 5.93. The van der Waals surface area contributed by atoms with E-state index in [2.05, 4.69) is 5.32 Å². The van der Waals surface area contributed by atoms with Gasteiger partial charge in [0.15, 0.2) is 17.5 Å². The summed E-state index contributed by atoms with van der Waals surface area (Å²) in [4.78, 5) is 26.4. The number of anilines is 1. The van der Waals surface area contributed by atoms with Gasteiger partial charge >= 0.3 is 0 Å². The van der Waals surface area contributed by atoms with Gasteiger partial charge in [-0.25, -0.2) is 13.2 Å². The van der Waals surface area contributed by atoms with Crippen LogP contribution in [-0.2, 0) is 4.79 Å². The van der Waals surface area contributed by atoms with E-state index >= 15 is 0 Å². The molecule has 150 valence electrons. The first kappa shape index (κ1) is 21.3. The Morgan fingerprint density at radius 2 is 1.75 bits per heavy atom. The zero-order chi connectivity index (χ0) is 20.7. The largest absolute Gasteiger partial charge is 0.493 e. The van der Waals surface area contributed by atoms with Crippen LogP contribution >= 0.6 is 0 Å². The highest BCUT2D eigenvalue weighted by Gasteiger charge is 2.22. The SMILES string of the molecule is CCCN(CC(=O)Nc1ccc(F)c(F)c1F)C(=O)c1ccccc1OCC. The Morgan fingerprint density at radius 3 is 2.43 bits per heavy atom. The number of ether oxygens (including phenoxy) is 1. The lowest BCUT2D eigenvalue weighted by Crippen LogP contribution is -2.38. The molecule has 0 unspecified atom stereocenters. The number of carbonyl (C=O) groups excluding carboxylic acids is 2. The highest BCUT2D eigenvalue weighted by molar-refractivity contribution is 6.01. The fourth-order valence-corrected chi connectivity index (χ4v) is 2.60. The van der Waals surface area contributed by atoms with Crippen molar-refractivity contribution in [3.63, 3.8) is 0 Å². The number of para-hydroxylation sites is 1. The Morgan fingerprint density at radius 1 is 1.04 bits per heavy atom. The van der Waals surface area contributed by atoms with E-state index in [0.717, 1.165) is 6.07 Å². The Bertz CT molecular complexity index is 859. The van der Waals surface area contributed by atoms with Gasteiger partial charge in [-0.05, 0) is 37.6 Å². The topological polar surface area (TPSA) is 58.6 Å². The van der Waals surface area contributed by atoms with Gasteiger partial charge in [0.1, 0.15) is 12.3 Å². The second kappa shape index (κ2) is 9.77. The molecule has 0 aliphatic rings. The van der Waals surface area contributed by atoms with E-state index in [1.54, 1.807) is 31.2 Å². The molecular weight excluding hydrogens is 373 g/mol. The molecule has 8 heteroatoms. The standard InChI is InChI=1S/C20H21F3N2O3/c1-3-11-25(20(27)13-7-5-6-8-16(13)28-4-2)12-17(26)24-15-10-9-14(21)18(22)19(15)23/h5-10H,3-4,11-12H2,1-2H3,(H,24,26). The molecule has 0 aliphatic carbocycles. The van der Waals surface area contributed by atoms with E-state index in [-0.39, 0.29) is 13.1 Å². The van der Waals surface area contributed by atoms with Gasteiger partial charge in [0, 0.05) is 6.54 Å². The molecule has 0 saturated heterocycles. The summed E-state index contributed by atoms with van der Waals surface area (Å²) in [6.07, 6.45) is 0.579. The van der Waals surface area contributed by atoms with E-state index in [0.29, 0.717) is 30.4 Å². The maximum absolute atomic E-state index is 13.7. The minimum atomic E-state index is -1.68. The normalized spacial score (nSPS) is 10.5. The first-order valence-corrected chi connectivity index (χ1v) is 8.83. The van der Waals surface area contributed by atoms with Crippen LogP contribution in [0.5, 0.6) is 5.75 Å². The maximum Gasteiger partial charge on any atom is 0.258 e. The molecule has 2 amide bonds. The van der Waals surface area contributed by atoms with Gasteiger partial charge in [-0.15, -0.1) is 0 Å². The number of amides is 2. The van der Waals surface area contributed by atoms with Crippen LogP contribution in [0.25, 0.3) is 0 Å². The van der Waals surface area contributed by atoms with Crippen LogP contribution in [0.1, 0.15) is 30.6 Å². The van der Waals surface area contributed by atoms with E-state index in [1.165, 1.54) is 4.90 Å². The predicted molar refractivity (Wildman–Crippen MR) is 98.8 cm³/mol. The lowest BCUT2D eigenvalue weighted by Gasteiger charge is -2.23. The van der Waals surface area contributed by atoms with Crippen molar-refractivity contribution in [1.29, 1.82) is 0 Å². The minimum absolute atomic E-state index is 0.271. The summed E-state index contributed by atoms with van der Waals surface area (Å²) in [6.45, 7) is 3.88. The zero-order valence-electron chi connectivity index (χ0n) is 15.6.